The van der Waals surface area contributed by atoms with Gasteiger partial charge >= 0.3 is 0 Å². The topological polar surface area (TPSA) is 68.3 Å². The third-order valence-electron chi connectivity index (χ3n) is 3.64. The summed E-state index contributed by atoms with van der Waals surface area (Å²) in [5.74, 6) is -0.00290. The number of carbonyl (C=O) groups excluding carboxylic acids is 2. The van der Waals surface area contributed by atoms with E-state index in [1.165, 1.54) is 18.4 Å². The summed E-state index contributed by atoms with van der Waals surface area (Å²) in [6.07, 6.45) is 1.62. The quantitative estimate of drug-likeness (QED) is 0.691. The van der Waals surface area contributed by atoms with Crippen LogP contribution in [-0.4, -0.2) is 23.8 Å². The second-order valence-corrected chi connectivity index (χ2v) is 6.15. The smallest absolute Gasteiger partial charge is 0.252 e. The van der Waals surface area contributed by atoms with Gasteiger partial charge in [-0.2, -0.15) is 0 Å². The number of carbonyl (C=O) groups is 2. The number of rotatable bonds is 6. The number of aromatic nitrogens is 1. The zero-order chi connectivity index (χ0) is 17.6. The minimum atomic E-state index is -0.314. The summed E-state index contributed by atoms with van der Waals surface area (Å²) >= 11 is 1.36. The molecule has 0 atom stereocenters. The largest absolute Gasteiger partial charge is 0.481 e. The molecule has 5 nitrogen and oxygen atoms in total. The highest BCUT2D eigenvalue weighted by Crippen LogP contribution is 2.19. The molecule has 0 bridgehead atoms. The molecule has 0 aliphatic heterocycles. The maximum atomic E-state index is 12.6. The minimum Gasteiger partial charge on any atom is -0.481 e. The third-order valence-corrected chi connectivity index (χ3v) is 4.51. The molecule has 0 fully saturated rings. The summed E-state index contributed by atoms with van der Waals surface area (Å²) in [4.78, 5) is 29.9. The van der Waals surface area contributed by atoms with Crippen molar-refractivity contribution in [2.45, 2.75) is 6.54 Å². The monoisotopic (exact) mass is 352 g/mol. The van der Waals surface area contributed by atoms with E-state index in [2.05, 4.69) is 10.3 Å². The van der Waals surface area contributed by atoms with Crippen molar-refractivity contribution >= 4 is 23.0 Å². The van der Waals surface area contributed by atoms with E-state index in [-0.39, 0.29) is 18.2 Å². The number of hydrogen-bond donors (Lipinski definition) is 1. The molecule has 126 valence electrons. The summed E-state index contributed by atoms with van der Waals surface area (Å²) in [5.41, 5.74) is 1.50. The van der Waals surface area contributed by atoms with Crippen LogP contribution < -0.4 is 10.1 Å². The Balaban J connectivity index is 1.80. The van der Waals surface area contributed by atoms with Crippen molar-refractivity contribution in [1.82, 2.24) is 10.3 Å². The number of hydrogen-bond acceptors (Lipinski definition) is 5. The summed E-state index contributed by atoms with van der Waals surface area (Å²) in [5, 5.41) is 4.66. The lowest BCUT2D eigenvalue weighted by Crippen LogP contribution is -2.25. The first kappa shape index (κ1) is 16.9. The summed E-state index contributed by atoms with van der Waals surface area (Å²) in [7, 11) is 1.53. The first-order chi connectivity index (χ1) is 12.2. The van der Waals surface area contributed by atoms with E-state index >= 15 is 0 Å². The van der Waals surface area contributed by atoms with Gasteiger partial charge in [0.05, 0.1) is 17.6 Å². The van der Waals surface area contributed by atoms with Gasteiger partial charge in [-0.3, -0.25) is 9.59 Å². The zero-order valence-electron chi connectivity index (χ0n) is 13.6. The van der Waals surface area contributed by atoms with Gasteiger partial charge in [-0.25, -0.2) is 4.98 Å². The van der Waals surface area contributed by atoms with Crippen LogP contribution in [0.4, 0.5) is 0 Å². The molecular formula is C19H16N2O3S. The molecule has 0 aliphatic rings. The van der Waals surface area contributed by atoms with Crippen LogP contribution in [0.25, 0.3) is 0 Å². The highest BCUT2D eigenvalue weighted by Gasteiger charge is 2.18. The fourth-order valence-electron chi connectivity index (χ4n) is 2.43. The maximum absolute atomic E-state index is 12.6. The van der Waals surface area contributed by atoms with Gasteiger partial charge in [0.15, 0.2) is 0 Å². The van der Waals surface area contributed by atoms with Gasteiger partial charge in [-0.15, -0.1) is 11.3 Å². The number of amides is 1. The Kier molecular flexibility index (Phi) is 5.20. The highest BCUT2D eigenvalue weighted by atomic mass is 32.1. The van der Waals surface area contributed by atoms with E-state index in [1.54, 1.807) is 42.6 Å². The Bertz CT molecular complexity index is 891. The molecule has 0 aliphatic carbocycles. The van der Waals surface area contributed by atoms with Crippen molar-refractivity contribution in [1.29, 1.82) is 0 Å². The van der Waals surface area contributed by atoms with Crippen LogP contribution in [-0.2, 0) is 6.54 Å². The molecule has 1 N–H and O–H groups in total. The van der Waals surface area contributed by atoms with Crippen molar-refractivity contribution in [3.8, 4) is 5.88 Å². The molecule has 0 radical (unpaired) electrons. The number of nitrogens with zero attached hydrogens (tertiary/aromatic N) is 1. The Labute approximate surface area is 149 Å². The Morgan fingerprint density at radius 2 is 1.88 bits per heavy atom. The molecule has 3 rings (SSSR count). The van der Waals surface area contributed by atoms with Gasteiger partial charge in [0.25, 0.3) is 5.91 Å². The maximum Gasteiger partial charge on any atom is 0.252 e. The van der Waals surface area contributed by atoms with Crippen LogP contribution in [0.1, 0.15) is 31.2 Å². The van der Waals surface area contributed by atoms with Gasteiger partial charge in [-0.05, 0) is 23.6 Å². The summed E-state index contributed by atoms with van der Waals surface area (Å²) in [6.45, 7) is 0.261. The van der Waals surface area contributed by atoms with E-state index < -0.39 is 0 Å². The fraction of sp³-hybridized carbons (Fsp3) is 0.105. The Morgan fingerprint density at radius 1 is 1.08 bits per heavy atom. The molecule has 0 unspecified atom stereocenters. The number of pyridine rings is 1. The van der Waals surface area contributed by atoms with Gasteiger partial charge in [0.1, 0.15) is 0 Å². The van der Waals surface area contributed by atoms with Crippen LogP contribution in [0, 0.1) is 0 Å². The Morgan fingerprint density at radius 3 is 2.60 bits per heavy atom. The molecule has 6 heteroatoms. The minimum absolute atomic E-state index is 0.153. The molecule has 0 spiro atoms. The number of ketones is 1. The molecule has 0 saturated heterocycles. The highest BCUT2D eigenvalue weighted by molar-refractivity contribution is 7.12. The van der Waals surface area contributed by atoms with Crippen molar-refractivity contribution in [2.24, 2.45) is 0 Å². The molecule has 1 aromatic carbocycles. The molecular weight excluding hydrogens is 336 g/mol. The third kappa shape index (κ3) is 3.75. The van der Waals surface area contributed by atoms with Gasteiger partial charge < -0.3 is 10.1 Å². The van der Waals surface area contributed by atoms with E-state index in [1.807, 2.05) is 17.5 Å². The first-order valence-corrected chi connectivity index (χ1v) is 8.52. The molecule has 2 heterocycles. The van der Waals surface area contributed by atoms with Gasteiger partial charge in [0.2, 0.25) is 11.7 Å². The second-order valence-electron chi connectivity index (χ2n) is 5.21. The van der Waals surface area contributed by atoms with E-state index in [0.29, 0.717) is 21.9 Å². The lowest BCUT2D eigenvalue weighted by molar-refractivity contribution is 0.0940. The standard InChI is InChI=1S/C19H16N2O3S/c1-24-19-13(6-4-10-20-19)12-21-18(23)15-8-3-2-7-14(15)17(22)16-9-5-11-25-16/h2-11H,12H2,1H3,(H,21,23). The van der Waals surface area contributed by atoms with E-state index in [9.17, 15) is 9.59 Å². The van der Waals surface area contributed by atoms with Crippen LogP contribution >= 0.6 is 11.3 Å². The van der Waals surface area contributed by atoms with Crippen molar-refractivity contribution in [3.63, 3.8) is 0 Å². The van der Waals surface area contributed by atoms with Crippen LogP contribution in [0.2, 0.25) is 0 Å². The number of benzene rings is 1. The van der Waals surface area contributed by atoms with Crippen LogP contribution in [0.15, 0.2) is 60.1 Å². The van der Waals surface area contributed by atoms with Gasteiger partial charge in [0, 0.05) is 23.9 Å². The van der Waals surface area contributed by atoms with Crippen molar-refractivity contribution in [3.05, 3.63) is 81.7 Å². The lowest BCUT2D eigenvalue weighted by Gasteiger charge is -2.10. The van der Waals surface area contributed by atoms with Crippen molar-refractivity contribution in [2.75, 3.05) is 7.11 Å². The molecule has 3 aromatic rings. The summed E-state index contributed by atoms with van der Waals surface area (Å²) < 4.78 is 5.18. The predicted molar refractivity (Wildman–Crippen MR) is 96.2 cm³/mol. The molecule has 1 amide bonds. The number of methoxy groups -OCH3 is 1. The molecule has 0 saturated carbocycles. The number of ether oxygens (including phenoxy) is 1. The second kappa shape index (κ2) is 7.72. The average molecular weight is 352 g/mol. The Hall–Kier alpha value is -2.99. The normalized spacial score (nSPS) is 10.3. The number of thiophene rings is 1. The van der Waals surface area contributed by atoms with Gasteiger partial charge in [-0.1, -0.05) is 30.3 Å². The zero-order valence-corrected chi connectivity index (χ0v) is 14.4. The van der Waals surface area contributed by atoms with E-state index in [0.717, 1.165) is 5.56 Å². The fourth-order valence-corrected chi connectivity index (χ4v) is 3.11. The SMILES string of the molecule is COc1ncccc1CNC(=O)c1ccccc1C(=O)c1cccs1. The van der Waals surface area contributed by atoms with Crippen LogP contribution in [0.5, 0.6) is 5.88 Å². The predicted octanol–water partition coefficient (Wildman–Crippen LogP) is 3.31. The molecule has 25 heavy (non-hydrogen) atoms. The molecule has 2 aromatic heterocycles. The van der Waals surface area contributed by atoms with Crippen LogP contribution in [0.3, 0.4) is 0 Å². The summed E-state index contributed by atoms with van der Waals surface area (Å²) in [6, 6.07) is 14.0. The van der Waals surface area contributed by atoms with Crippen molar-refractivity contribution < 1.29 is 14.3 Å². The van der Waals surface area contributed by atoms with E-state index in [4.69, 9.17) is 4.74 Å². The average Bonchev–Trinajstić information content (AvgIpc) is 3.20. The lowest BCUT2D eigenvalue weighted by atomic mass is 10.0. The first-order valence-electron chi connectivity index (χ1n) is 7.64. The number of nitrogens with one attached hydrogen (secondary N) is 1.